The van der Waals surface area contributed by atoms with Crippen molar-refractivity contribution in [3.05, 3.63) is 0 Å². The Morgan fingerprint density at radius 2 is 1.43 bits per heavy atom. The van der Waals surface area contributed by atoms with Crippen LogP contribution in [0.5, 0.6) is 0 Å². The minimum atomic E-state index is -4.67. The molecule has 0 bridgehead atoms. The van der Waals surface area contributed by atoms with Crippen LogP contribution >= 0.6 is 0 Å². The lowest BCUT2D eigenvalue weighted by Gasteiger charge is -1.99. The molecule has 0 spiro atoms. The van der Waals surface area contributed by atoms with E-state index in [0.29, 0.717) is 6.61 Å². The molecular weight excluding hydrogens is 212 g/mol. The van der Waals surface area contributed by atoms with Gasteiger partial charge in [-0.2, -0.15) is 8.42 Å². The van der Waals surface area contributed by atoms with Gasteiger partial charge in [-0.1, -0.05) is 20.3 Å². The molecule has 0 amide bonds. The summed E-state index contributed by atoms with van der Waals surface area (Å²) in [7, 11) is -4.67. The molecule has 0 aromatic heterocycles. The molecule has 0 fully saturated rings. The predicted octanol–water partition coefficient (Wildman–Crippen LogP) is 1.49. The molecule has 0 aliphatic rings. The summed E-state index contributed by atoms with van der Waals surface area (Å²) in [6, 6.07) is 0. The van der Waals surface area contributed by atoms with Gasteiger partial charge >= 0.3 is 10.4 Å². The SMILES string of the molecule is CCCCOOCCC.O=S(=O)(O)O. The van der Waals surface area contributed by atoms with Crippen LogP contribution in [-0.4, -0.2) is 30.7 Å². The van der Waals surface area contributed by atoms with Crippen molar-refractivity contribution in [2.24, 2.45) is 0 Å². The van der Waals surface area contributed by atoms with E-state index < -0.39 is 10.4 Å². The molecule has 0 unspecified atom stereocenters. The van der Waals surface area contributed by atoms with E-state index in [1.165, 1.54) is 0 Å². The third kappa shape index (κ3) is 40.9. The first-order valence-electron chi connectivity index (χ1n) is 4.36. The zero-order valence-corrected chi connectivity index (χ0v) is 9.29. The van der Waals surface area contributed by atoms with E-state index in [-0.39, 0.29) is 0 Å². The van der Waals surface area contributed by atoms with Gasteiger partial charge in [-0.05, 0) is 12.8 Å². The average molecular weight is 230 g/mol. The maximum absolute atomic E-state index is 8.74. The zero-order chi connectivity index (χ0) is 11.4. The second-order valence-corrected chi connectivity index (χ2v) is 3.34. The molecule has 0 aliphatic heterocycles. The van der Waals surface area contributed by atoms with E-state index in [4.69, 9.17) is 27.3 Å². The van der Waals surface area contributed by atoms with Gasteiger partial charge in [0.2, 0.25) is 0 Å². The van der Waals surface area contributed by atoms with E-state index in [0.717, 1.165) is 25.9 Å². The van der Waals surface area contributed by atoms with Crippen molar-refractivity contribution in [1.29, 1.82) is 0 Å². The van der Waals surface area contributed by atoms with Crippen molar-refractivity contribution >= 4 is 10.4 Å². The van der Waals surface area contributed by atoms with Gasteiger partial charge in [-0.15, -0.1) is 0 Å². The monoisotopic (exact) mass is 230 g/mol. The second kappa shape index (κ2) is 10.9. The van der Waals surface area contributed by atoms with E-state index in [1.807, 2.05) is 0 Å². The summed E-state index contributed by atoms with van der Waals surface area (Å²) in [5, 5.41) is 0. The van der Waals surface area contributed by atoms with Crippen molar-refractivity contribution in [3.63, 3.8) is 0 Å². The standard InChI is InChI=1S/C7H16O2.H2O4S/c1-3-5-7-9-8-6-4-2;1-5(2,3)4/h3-7H2,1-2H3;(H2,1,2,3,4). The fraction of sp³-hybridized carbons (Fsp3) is 1.00. The lowest BCUT2D eigenvalue weighted by atomic mass is 10.4. The molecule has 2 N–H and O–H groups in total. The summed E-state index contributed by atoms with van der Waals surface area (Å²) in [5.41, 5.74) is 0. The maximum atomic E-state index is 8.74. The van der Waals surface area contributed by atoms with Gasteiger partial charge in [0.1, 0.15) is 0 Å². The van der Waals surface area contributed by atoms with Gasteiger partial charge in [0.25, 0.3) is 0 Å². The average Bonchev–Trinajstić information content (AvgIpc) is 2.01. The Hall–Kier alpha value is -0.210. The molecule has 0 aromatic carbocycles. The summed E-state index contributed by atoms with van der Waals surface area (Å²) in [6.45, 7) is 5.63. The molecule has 0 aliphatic carbocycles. The highest BCUT2D eigenvalue weighted by Crippen LogP contribution is 1.89. The van der Waals surface area contributed by atoms with Crippen LogP contribution < -0.4 is 0 Å². The van der Waals surface area contributed by atoms with Crippen LogP contribution in [0.25, 0.3) is 0 Å². The summed E-state index contributed by atoms with van der Waals surface area (Å²) in [4.78, 5) is 9.60. The topological polar surface area (TPSA) is 93.1 Å². The minimum Gasteiger partial charge on any atom is -0.264 e. The van der Waals surface area contributed by atoms with E-state index in [1.54, 1.807) is 0 Å². The van der Waals surface area contributed by atoms with Crippen molar-refractivity contribution in [2.75, 3.05) is 13.2 Å². The fourth-order valence-electron chi connectivity index (χ4n) is 0.404. The predicted molar refractivity (Wildman–Crippen MR) is 51.3 cm³/mol. The van der Waals surface area contributed by atoms with Crippen LogP contribution in [0.4, 0.5) is 0 Å². The van der Waals surface area contributed by atoms with Crippen molar-refractivity contribution in [1.82, 2.24) is 0 Å². The summed E-state index contributed by atoms with van der Waals surface area (Å²) in [6.07, 6.45) is 3.27. The Bertz CT molecular complexity index is 174. The van der Waals surface area contributed by atoms with Crippen LogP contribution in [0.1, 0.15) is 33.1 Å². The van der Waals surface area contributed by atoms with Crippen molar-refractivity contribution < 1.29 is 27.3 Å². The van der Waals surface area contributed by atoms with Crippen LogP contribution in [0.15, 0.2) is 0 Å². The molecule has 0 aromatic rings. The lowest BCUT2D eigenvalue weighted by Crippen LogP contribution is -1.96. The van der Waals surface area contributed by atoms with Crippen LogP contribution in [-0.2, 0) is 20.2 Å². The minimum absolute atomic E-state index is 0.712. The van der Waals surface area contributed by atoms with Gasteiger partial charge < -0.3 is 0 Å². The van der Waals surface area contributed by atoms with Crippen molar-refractivity contribution in [2.45, 2.75) is 33.1 Å². The first-order valence-corrected chi connectivity index (χ1v) is 5.75. The Balaban J connectivity index is 0. The molecule has 7 heteroatoms. The molecule has 0 radical (unpaired) electrons. The first kappa shape index (κ1) is 16.2. The molecule has 0 saturated carbocycles. The number of unbranched alkanes of at least 4 members (excludes halogenated alkanes) is 1. The van der Waals surface area contributed by atoms with Crippen molar-refractivity contribution in [3.8, 4) is 0 Å². The van der Waals surface area contributed by atoms with Gasteiger partial charge in [0.05, 0.1) is 13.2 Å². The highest BCUT2D eigenvalue weighted by molar-refractivity contribution is 7.79. The zero-order valence-electron chi connectivity index (χ0n) is 8.47. The number of rotatable bonds is 6. The third-order valence-electron chi connectivity index (χ3n) is 0.952. The fourth-order valence-corrected chi connectivity index (χ4v) is 0.404. The Kier molecular flexibility index (Phi) is 12.6. The van der Waals surface area contributed by atoms with Gasteiger partial charge in [0.15, 0.2) is 0 Å². The Morgan fingerprint density at radius 1 is 1.00 bits per heavy atom. The first-order chi connectivity index (χ1) is 6.41. The molecule has 88 valence electrons. The van der Waals surface area contributed by atoms with E-state index in [9.17, 15) is 0 Å². The highest BCUT2D eigenvalue weighted by atomic mass is 32.3. The molecule has 0 rings (SSSR count). The van der Waals surface area contributed by atoms with Gasteiger partial charge in [-0.25, -0.2) is 9.78 Å². The Labute approximate surface area is 84.7 Å². The van der Waals surface area contributed by atoms with Crippen LogP contribution in [0.3, 0.4) is 0 Å². The van der Waals surface area contributed by atoms with E-state index in [2.05, 4.69) is 13.8 Å². The summed E-state index contributed by atoms with van der Waals surface area (Å²) in [5.74, 6) is 0. The smallest absolute Gasteiger partial charge is 0.264 e. The summed E-state index contributed by atoms with van der Waals surface area (Å²) < 4.78 is 31.6. The lowest BCUT2D eigenvalue weighted by molar-refractivity contribution is -0.294. The number of hydrogen-bond donors (Lipinski definition) is 2. The second-order valence-electron chi connectivity index (χ2n) is 2.45. The van der Waals surface area contributed by atoms with Crippen LogP contribution in [0, 0.1) is 0 Å². The highest BCUT2D eigenvalue weighted by Gasteiger charge is 1.85. The van der Waals surface area contributed by atoms with Crippen LogP contribution in [0.2, 0.25) is 0 Å². The Morgan fingerprint density at radius 3 is 1.79 bits per heavy atom. The molecule has 14 heavy (non-hydrogen) atoms. The largest absolute Gasteiger partial charge is 0.394 e. The molecule has 0 saturated heterocycles. The third-order valence-corrected chi connectivity index (χ3v) is 0.952. The van der Waals surface area contributed by atoms with E-state index >= 15 is 0 Å². The molecule has 0 atom stereocenters. The summed E-state index contributed by atoms with van der Waals surface area (Å²) >= 11 is 0. The quantitative estimate of drug-likeness (QED) is 0.311. The van der Waals surface area contributed by atoms with Gasteiger partial charge in [-0.3, -0.25) is 9.11 Å². The maximum Gasteiger partial charge on any atom is 0.394 e. The molecular formula is C7H18O6S. The molecule has 6 nitrogen and oxygen atoms in total. The van der Waals surface area contributed by atoms with Gasteiger partial charge in [0, 0.05) is 0 Å². The normalized spacial score (nSPS) is 10.6. The molecule has 0 heterocycles. The number of hydrogen-bond acceptors (Lipinski definition) is 4.